The molecule has 1 heterocycles. The van der Waals surface area contributed by atoms with Crippen LogP contribution in [0.5, 0.6) is 5.75 Å². The molecule has 0 saturated heterocycles. The van der Waals surface area contributed by atoms with Crippen molar-refractivity contribution in [2.75, 3.05) is 37.7 Å². The molecule has 1 fully saturated rings. The molecule has 4 rings (SSSR count). The van der Waals surface area contributed by atoms with E-state index in [1.807, 2.05) is 48.5 Å². The van der Waals surface area contributed by atoms with E-state index in [1.54, 1.807) is 0 Å². The van der Waals surface area contributed by atoms with E-state index in [4.69, 9.17) is 9.26 Å². The number of aliphatic hydroxyl groups excluding tert-OH is 1. The van der Waals surface area contributed by atoms with Gasteiger partial charge in [-0.3, -0.25) is 4.90 Å². The molecule has 1 aromatic heterocycles. The monoisotopic (exact) mass is 449 g/mol. The summed E-state index contributed by atoms with van der Waals surface area (Å²) in [5.41, 5.74) is 3.02. The van der Waals surface area contributed by atoms with E-state index in [9.17, 15) is 5.11 Å². The van der Waals surface area contributed by atoms with Crippen molar-refractivity contribution in [1.82, 2.24) is 10.1 Å². The number of aromatic nitrogens is 1. The summed E-state index contributed by atoms with van der Waals surface area (Å²) in [6.45, 7) is 8.41. The molecule has 33 heavy (non-hydrogen) atoms. The molecule has 1 N–H and O–H groups in total. The largest absolute Gasteiger partial charge is 0.491 e. The van der Waals surface area contributed by atoms with Crippen molar-refractivity contribution in [3.05, 3.63) is 66.2 Å². The third-order valence-electron chi connectivity index (χ3n) is 6.11. The third kappa shape index (κ3) is 6.36. The third-order valence-corrected chi connectivity index (χ3v) is 6.11. The minimum Gasteiger partial charge on any atom is -0.491 e. The second-order valence-corrected chi connectivity index (χ2v) is 8.77. The van der Waals surface area contributed by atoms with Crippen LogP contribution < -0.4 is 9.64 Å². The summed E-state index contributed by atoms with van der Waals surface area (Å²) in [7, 11) is 0. The Kier molecular flexibility index (Phi) is 8.02. The highest BCUT2D eigenvalue weighted by atomic mass is 16.5. The summed E-state index contributed by atoms with van der Waals surface area (Å²) < 4.78 is 11.7. The minimum atomic E-state index is -0.583. The highest BCUT2D eigenvalue weighted by molar-refractivity contribution is 5.68. The van der Waals surface area contributed by atoms with Gasteiger partial charge in [0.2, 0.25) is 5.88 Å². The summed E-state index contributed by atoms with van der Waals surface area (Å²) in [6.07, 6.45) is 1.93. The summed E-state index contributed by atoms with van der Waals surface area (Å²) in [5.74, 6) is 2.30. The van der Waals surface area contributed by atoms with Gasteiger partial charge in [0.05, 0.1) is 5.56 Å². The lowest BCUT2D eigenvalue weighted by atomic mass is 10.1. The number of hydrogen-bond donors (Lipinski definition) is 1. The lowest BCUT2D eigenvalue weighted by molar-refractivity contribution is 0.0639. The van der Waals surface area contributed by atoms with Crippen LogP contribution in [0, 0.1) is 5.92 Å². The zero-order valence-electron chi connectivity index (χ0n) is 19.7. The number of ether oxygens (including phenoxy) is 1. The van der Waals surface area contributed by atoms with Gasteiger partial charge in [0.25, 0.3) is 0 Å². The van der Waals surface area contributed by atoms with Gasteiger partial charge in [-0.1, -0.05) is 53.7 Å². The van der Waals surface area contributed by atoms with Crippen LogP contribution in [0.1, 0.15) is 32.3 Å². The molecule has 6 nitrogen and oxygen atoms in total. The Bertz CT molecular complexity index is 969. The average molecular weight is 450 g/mol. The van der Waals surface area contributed by atoms with E-state index in [0.29, 0.717) is 19.0 Å². The molecule has 1 aliphatic rings. The van der Waals surface area contributed by atoms with Crippen molar-refractivity contribution in [2.45, 2.75) is 39.3 Å². The van der Waals surface area contributed by atoms with Gasteiger partial charge in [0, 0.05) is 38.3 Å². The maximum Gasteiger partial charge on any atom is 0.232 e. The van der Waals surface area contributed by atoms with E-state index >= 15 is 0 Å². The van der Waals surface area contributed by atoms with Crippen molar-refractivity contribution >= 4 is 5.88 Å². The molecule has 0 amide bonds. The predicted molar refractivity (Wildman–Crippen MR) is 131 cm³/mol. The standard InChI is InChI=1S/C27H35N3O3/c1-3-30(4-2)27-25(26(28-33-27)22-11-7-5-8-12-22)19-29(17-21-15-16-21)18-23(31)20-32-24-13-9-6-10-14-24/h5-14,21,23,31H,3-4,15-20H2,1-2H3/t23-/m1/s1. The Hall–Kier alpha value is -2.83. The van der Waals surface area contributed by atoms with Gasteiger partial charge in [-0.25, -0.2) is 0 Å². The SMILES string of the molecule is CCN(CC)c1onc(-c2ccccc2)c1CN(CC1CC1)C[C@@H](O)COc1ccccc1. The molecule has 0 bridgehead atoms. The van der Waals surface area contributed by atoms with Crippen molar-refractivity contribution in [3.8, 4) is 17.0 Å². The van der Waals surface area contributed by atoms with Crippen LogP contribution in [0.4, 0.5) is 5.88 Å². The minimum absolute atomic E-state index is 0.267. The van der Waals surface area contributed by atoms with E-state index in [1.165, 1.54) is 12.8 Å². The number of anilines is 1. The molecule has 1 aliphatic carbocycles. The molecular formula is C27H35N3O3. The van der Waals surface area contributed by atoms with Gasteiger partial charge in [-0.2, -0.15) is 0 Å². The maximum absolute atomic E-state index is 10.8. The first-order valence-electron chi connectivity index (χ1n) is 12.0. The molecule has 0 aliphatic heterocycles. The Morgan fingerprint density at radius 2 is 1.70 bits per heavy atom. The van der Waals surface area contributed by atoms with Crippen molar-refractivity contribution in [1.29, 1.82) is 0 Å². The first kappa shape index (κ1) is 23.3. The van der Waals surface area contributed by atoms with Crippen LogP contribution in [-0.2, 0) is 6.54 Å². The topological polar surface area (TPSA) is 62.0 Å². The van der Waals surface area contributed by atoms with Crippen molar-refractivity contribution < 1.29 is 14.4 Å². The second kappa shape index (κ2) is 11.3. The highest BCUT2D eigenvalue weighted by Crippen LogP contribution is 2.35. The number of benzene rings is 2. The fraction of sp³-hybridized carbons (Fsp3) is 0.444. The summed E-state index contributed by atoms with van der Waals surface area (Å²) in [5, 5.41) is 15.3. The van der Waals surface area contributed by atoms with Crippen LogP contribution in [0.3, 0.4) is 0 Å². The van der Waals surface area contributed by atoms with Crippen LogP contribution in [0.25, 0.3) is 11.3 Å². The molecule has 176 valence electrons. The zero-order chi connectivity index (χ0) is 23.0. The first-order valence-corrected chi connectivity index (χ1v) is 12.0. The van der Waals surface area contributed by atoms with E-state index in [-0.39, 0.29) is 6.61 Å². The molecule has 0 radical (unpaired) electrons. The Morgan fingerprint density at radius 3 is 2.33 bits per heavy atom. The zero-order valence-corrected chi connectivity index (χ0v) is 19.7. The van der Waals surface area contributed by atoms with E-state index in [2.05, 4.69) is 40.9 Å². The van der Waals surface area contributed by atoms with Crippen molar-refractivity contribution in [2.24, 2.45) is 5.92 Å². The first-order chi connectivity index (χ1) is 16.2. The summed E-state index contributed by atoms with van der Waals surface area (Å²) in [6, 6.07) is 19.9. The van der Waals surface area contributed by atoms with Gasteiger partial charge in [-0.15, -0.1) is 0 Å². The normalized spacial score (nSPS) is 14.4. The molecule has 3 aromatic rings. The Balaban J connectivity index is 1.53. The number of hydrogen-bond acceptors (Lipinski definition) is 6. The molecular weight excluding hydrogens is 414 g/mol. The number of aliphatic hydroxyl groups is 1. The maximum atomic E-state index is 10.8. The fourth-order valence-corrected chi connectivity index (χ4v) is 4.18. The molecule has 2 aromatic carbocycles. The van der Waals surface area contributed by atoms with Crippen LogP contribution in [-0.4, -0.2) is 54.1 Å². The molecule has 1 saturated carbocycles. The van der Waals surface area contributed by atoms with Crippen LogP contribution in [0.15, 0.2) is 65.2 Å². The molecule has 0 unspecified atom stereocenters. The van der Waals surface area contributed by atoms with E-state index < -0.39 is 6.10 Å². The highest BCUT2D eigenvalue weighted by Gasteiger charge is 2.29. The van der Waals surface area contributed by atoms with Gasteiger partial charge in [-0.05, 0) is 44.7 Å². The van der Waals surface area contributed by atoms with E-state index in [0.717, 1.165) is 48.1 Å². The number of nitrogens with zero attached hydrogens (tertiary/aromatic N) is 3. The van der Waals surface area contributed by atoms with Gasteiger partial charge < -0.3 is 19.3 Å². The smallest absolute Gasteiger partial charge is 0.232 e. The summed E-state index contributed by atoms with van der Waals surface area (Å²) >= 11 is 0. The van der Waals surface area contributed by atoms with Gasteiger partial charge in [0.1, 0.15) is 24.2 Å². The quantitative estimate of drug-likeness (QED) is 0.403. The van der Waals surface area contributed by atoms with Gasteiger partial charge >= 0.3 is 0 Å². The van der Waals surface area contributed by atoms with Crippen LogP contribution >= 0.6 is 0 Å². The Labute approximate surface area is 196 Å². The Morgan fingerprint density at radius 1 is 1.03 bits per heavy atom. The lowest BCUT2D eigenvalue weighted by Crippen LogP contribution is -2.37. The predicted octanol–water partition coefficient (Wildman–Crippen LogP) is 4.84. The van der Waals surface area contributed by atoms with Gasteiger partial charge in [0.15, 0.2) is 0 Å². The number of rotatable bonds is 13. The van der Waals surface area contributed by atoms with Crippen molar-refractivity contribution in [3.63, 3.8) is 0 Å². The van der Waals surface area contributed by atoms with Crippen LogP contribution in [0.2, 0.25) is 0 Å². The lowest BCUT2D eigenvalue weighted by Gasteiger charge is -2.26. The molecule has 6 heteroatoms. The fourth-order valence-electron chi connectivity index (χ4n) is 4.18. The number of para-hydroxylation sites is 1. The average Bonchev–Trinajstić information content (AvgIpc) is 3.58. The second-order valence-electron chi connectivity index (χ2n) is 8.77. The molecule has 1 atom stereocenters. The summed E-state index contributed by atoms with van der Waals surface area (Å²) in [4.78, 5) is 4.54. The molecule has 0 spiro atoms.